The molecule has 0 spiro atoms. The largest absolute Gasteiger partial charge is 0.423 e. The lowest BCUT2D eigenvalue weighted by atomic mass is 9.92. The molecule has 0 heterocycles. The number of esters is 1. The van der Waals surface area contributed by atoms with Crippen LogP contribution in [-0.2, 0) is 0 Å². The van der Waals surface area contributed by atoms with Gasteiger partial charge in [0.1, 0.15) is 5.75 Å². The standard InChI is InChI=1S/C23H19F7O2S/c1-12-7-14(3)21(15(4)8-12)16-5-6-18(13(2)9-16)23(31)32-17-10-19(24)22(20(25)11-17)33(26,27,28,29)30/h5-11H,1-4H3. The molecule has 33 heavy (non-hydrogen) atoms. The molecular weight excluding hydrogens is 473 g/mol. The second kappa shape index (κ2) is 7.24. The van der Waals surface area contributed by atoms with Crippen LogP contribution in [0.1, 0.15) is 32.6 Å². The summed E-state index contributed by atoms with van der Waals surface area (Å²) in [6.45, 7) is 7.42. The molecule has 3 aromatic carbocycles. The lowest BCUT2D eigenvalue weighted by molar-refractivity contribution is 0.0733. The number of hydrogen-bond donors (Lipinski definition) is 0. The molecule has 0 aliphatic heterocycles. The van der Waals surface area contributed by atoms with Crippen LogP contribution in [0.4, 0.5) is 28.2 Å². The lowest BCUT2D eigenvalue weighted by Crippen LogP contribution is -2.14. The monoisotopic (exact) mass is 492 g/mol. The summed E-state index contributed by atoms with van der Waals surface area (Å²) in [4.78, 5) is 9.18. The van der Waals surface area contributed by atoms with Crippen molar-refractivity contribution in [3.8, 4) is 16.9 Å². The number of hydrogen-bond acceptors (Lipinski definition) is 2. The summed E-state index contributed by atoms with van der Waals surface area (Å²) >= 11 is 0. The van der Waals surface area contributed by atoms with E-state index in [-0.39, 0.29) is 17.7 Å². The van der Waals surface area contributed by atoms with Crippen LogP contribution in [-0.4, -0.2) is 5.97 Å². The topological polar surface area (TPSA) is 26.3 Å². The van der Waals surface area contributed by atoms with Crippen molar-refractivity contribution < 1.29 is 37.7 Å². The first-order valence-corrected chi connectivity index (χ1v) is 11.5. The van der Waals surface area contributed by atoms with Crippen LogP contribution in [0.15, 0.2) is 47.4 Å². The van der Waals surface area contributed by atoms with E-state index in [4.69, 9.17) is 4.74 Å². The highest BCUT2D eigenvalue weighted by molar-refractivity contribution is 8.45. The van der Waals surface area contributed by atoms with Gasteiger partial charge < -0.3 is 4.74 Å². The second-order valence-electron chi connectivity index (χ2n) is 7.88. The Labute approximate surface area is 185 Å². The Morgan fingerprint density at radius 3 is 1.73 bits per heavy atom. The number of benzene rings is 3. The van der Waals surface area contributed by atoms with Crippen molar-refractivity contribution in [1.29, 1.82) is 0 Å². The number of rotatable bonds is 4. The van der Waals surface area contributed by atoms with Crippen molar-refractivity contribution in [3.05, 3.63) is 81.9 Å². The SMILES string of the molecule is Cc1cc(C)c(-c2ccc(C(=O)Oc3cc(F)c(S(F)(F)(F)(F)F)c(F)c3)c(C)c2)c(C)c1. The highest BCUT2D eigenvalue weighted by Crippen LogP contribution is 3.02. The minimum absolute atomic E-state index is 0.0150. The van der Waals surface area contributed by atoms with Gasteiger partial charge in [-0.3, -0.25) is 0 Å². The summed E-state index contributed by atoms with van der Waals surface area (Å²) in [5, 5.41) is 0. The van der Waals surface area contributed by atoms with Crippen LogP contribution in [0, 0.1) is 39.3 Å². The van der Waals surface area contributed by atoms with Crippen LogP contribution in [0.3, 0.4) is 0 Å². The van der Waals surface area contributed by atoms with Gasteiger partial charge in [-0.15, -0.1) is 0 Å². The van der Waals surface area contributed by atoms with E-state index in [1.54, 1.807) is 19.1 Å². The van der Waals surface area contributed by atoms with E-state index in [1.165, 1.54) is 6.07 Å². The predicted molar refractivity (Wildman–Crippen MR) is 114 cm³/mol. The summed E-state index contributed by atoms with van der Waals surface area (Å²) in [7, 11) is -10.6. The molecule has 3 rings (SSSR count). The highest BCUT2D eigenvalue weighted by Gasteiger charge is 2.69. The van der Waals surface area contributed by atoms with E-state index in [2.05, 4.69) is 0 Å². The van der Waals surface area contributed by atoms with Crippen molar-refractivity contribution in [2.24, 2.45) is 0 Å². The molecule has 178 valence electrons. The fourth-order valence-corrected chi connectivity index (χ4v) is 4.66. The van der Waals surface area contributed by atoms with E-state index in [9.17, 15) is 33.0 Å². The van der Waals surface area contributed by atoms with Gasteiger partial charge in [-0.2, -0.15) is 0 Å². The normalized spacial score (nSPS) is 13.9. The van der Waals surface area contributed by atoms with Crippen LogP contribution >= 0.6 is 10.2 Å². The quantitative estimate of drug-likeness (QED) is 0.207. The van der Waals surface area contributed by atoms with Gasteiger partial charge in [0, 0.05) is 12.1 Å². The molecule has 0 bridgehead atoms. The van der Waals surface area contributed by atoms with Crippen LogP contribution in [0.25, 0.3) is 11.1 Å². The molecule has 0 saturated carbocycles. The van der Waals surface area contributed by atoms with Gasteiger partial charge in [-0.1, -0.05) is 49.3 Å². The Morgan fingerprint density at radius 1 is 0.758 bits per heavy atom. The molecule has 10 heteroatoms. The molecule has 0 unspecified atom stereocenters. The Hall–Kier alpha value is -3.01. The zero-order valence-electron chi connectivity index (χ0n) is 17.9. The Morgan fingerprint density at radius 2 is 1.27 bits per heavy atom. The average molecular weight is 492 g/mol. The Balaban J connectivity index is 1.94. The molecule has 0 radical (unpaired) electrons. The minimum Gasteiger partial charge on any atom is -0.423 e. The van der Waals surface area contributed by atoms with Gasteiger partial charge in [-0.25, -0.2) is 13.6 Å². The van der Waals surface area contributed by atoms with E-state index in [0.29, 0.717) is 5.56 Å². The molecule has 0 N–H and O–H groups in total. The maximum Gasteiger partial charge on any atom is 0.343 e. The lowest BCUT2D eigenvalue weighted by Gasteiger charge is -2.40. The maximum atomic E-state index is 13.8. The van der Waals surface area contributed by atoms with Crippen LogP contribution in [0.5, 0.6) is 5.75 Å². The first-order valence-electron chi connectivity index (χ1n) is 9.51. The smallest absolute Gasteiger partial charge is 0.343 e. The number of aryl methyl sites for hydroxylation is 4. The van der Waals surface area contributed by atoms with Gasteiger partial charge in [-0.05, 0) is 61.6 Å². The second-order valence-corrected chi connectivity index (χ2v) is 10.2. The fraction of sp³-hybridized carbons (Fsp3) is 0.174. The molecule has 0 amide bonds. The van der Waals surface area contributed by atoms with Crippen molar-refractivity contribution >= 4 is 16.2 Å². The Kier molecular flexibility index (Phi) is 5.41. The van der Waals surface area contributed by atoms with E-state index in [1.807, 2.05) is 32.9 Å². The Bertz CT molecular complexity index is 1250. The van der Waals surface area contributed by atoms with Gasteiger partial charge in [0.2, 0.25) is 0 Å². The highest BCUT2D eigenvalue weighted by atomic mass is 32.5. The summed E-state index contributed by atoms with van der Waals surface area (Å²) in [5.74, 6) is -7.24. The van der Waals surface area contributed by atoms with Crippen LogP contribution < -0.4 is 4.74 Å². The van der Waals surface area contributed by atoms with E-state index in [0.717, 1.165) is 27.8 Å². The molecule has 0 fully saturated rings. The van der Waals surface area contributed by atoms with Crippen molar-refractivity contribution in [2.75, 3.05) is 0 Å². The minimum atomic E-state index is -10.6. The first kappa shape index (κ1) is 24.6. The molecular formula is C23H19F7O2S. The zero-order valence-corrected chi connectivity index (χ0v) is 18.7. The molecule has 3 aromatic rings. The van der Waals surface area contributed by atoms with E-state index >= 15 is 0 Å². The summed E-state index contributed by atoms with van der Waals surface area (Å²) in [5.41, 5.74) is 5.28. The average Bonchev–Trinajstić information content (AvgIpc) is 2.57. The first-order chi connectivity index (χ1) is 14.9. The number of ether oxygens (including phenoxy) is 1. The zero-order chi connectivity index (χ0) is 25.0. The maximum absolute atomic E-state index is 13.8. The molecule has 0 atom stereocenters. The summed E-state index contributed by atoms with van der Waals surface area (Å²) < 4.78 is 96.6. The molecule has 0 aromatic heterocycles. The van der Waals surface area contributed by atoms with Gasteiger partial charge >= 0.3 is 16.2 Å². The van der Waals surface area contributed by atoms with Gasteiger partial charge in [0.15, 0.2) is 16.5 Å². The fourth-order valence-electron chi connectivity index (χ4n) is 3.81. The van der Waals surface area contributed by atoms with Crippen LogP contribution in [0.2, 0.25) is 0 Å². The van der Waals surface area contributed by atoms with Crippen molar-refractivity contribution in [2.45, 2.75) is 32.6 Å². The van der Waals surface area contributed by atoms with Crippen molar-refractivity contribution in [3.63, 3.8) is 0 Å². The van der Waals surface area contributed by atoms with Gasteiger partial charge in [0.05, 0.1) is 5.56 Å². The predicted octanol–water partition coefficient (Wildman–Crippen LogP) is 8.74. The third-order valence-electron chi connectivity index (χ3n) is 4.98. The summed E-state index contributed by atoms with van der Waals surface area (Å²) in [6, 6.07) is 8.53. The number of carbonyl (C=O) groups excluding carboxylic acids is 1. The van der Waals surface area contributed by atoms with Gasteiger partial charge in [0.25, 0.3) is 0 Å². The van der Waals surface area contributed by atoms with Crippen molar-refractivity contribution in [1.82, 2.24) is 0 Å². The molecule has 2 nitrogen and oxygen atoms in total. The van der Waals surface area contributed by atoms with E-state index < -0.39 is 38.5 Å². The summed E-state index contributed by atoms with van der Waals surface area (Å²) in [6.07, 6.45) is 0. The molecule has 0 aliphatic rings. The number of carbonyl (C=O) groups is 1. The third-order valence-corrected chi connectivity index (χ3v) is 6.14. The number of halogens is 7. The molecule has 0 saturated heterocycles. The third kappa shape index (κ3) is 5.16. The molecule has 0 aliphatic carbocycles.